The standard InChI is InChI=1S/C16H25N3O/c1-3-11-17-15-14(10-7-12-18-15)16(20)19(4-2)13-8-5-6-9-13/h7,10,12-13H,3-6,8-9,11H2,1-2H3,(H,17,18). The van der Waals surface area contributed by atoms with Crippen LogP contribution in [0.4, 0.5) is 5.82 Å². The Labute approximate surface area is 121 Å². The van der Waals surface area contributed by atoms with Crippen molar-refractivity contribution in [1.82, 2.24) is 9.88 Å². The average Bonchev–Trinajstić information content (AvgIpc) is 3.00. The number of pyridine rings is 1. The molecule has 0 spiro atoms. The summed E-state index contributed by atoms with van der Waals surface area (Å²) in [6, 6.07) is 4.13. The molecule has 0 aliphatic heterocycles. The first-order chi connectivity index (χ1) is 9.77. The maximum atomic E-state index is 12.8. The highest BCUT2D eigenvalue weighted by Crippen LogP contribution is 2.26. The van der Waals surface area contributed by atoms with Crippen LogP contribution in [0.15, 0.2) is 18.3 Å². The molecule has 1 fully saturated rings. The zero-order valence-corrected chi connectivity index (χ0v) is 12.6. The van der Waals surface area contributed by atoms with Gasteiger partial charge < -0.3 is 10.2 Å². The minimum atomic E-state index is 0.117. The van der Waals surface area contributed by atoms with Crippen molar-refractivity contribution < 1.29 is 4.79 Å². The maximum absolute atomic E-state index is 12.8. The molecule has 0 aromatic carbocycles. The SMILES string of the molecule is CCCNc1ncccc1C(=O)N(CC)C1CCCC1. The van der Waals surface area contributed by atoms with Gasteiger partial charge in [-0.25, -0.2) is 4.98 Å². The van der Waals surface area contributed by atoms with Crippen LogP contribution in [0.1, 0.15) is 56.3 Å². The summed E-state index contributed by atoms with van der Waals surface area (Å²) < 4.78 is 0. The van der Waals surface area contributed by atoms with Gasteiger partial charge in [-0.15, -0.1) is 0 Å². The Morgan fingerprint density at radius 2 is 2.15 bits per heavy atom. The van der Waals surface area contributed by atoms with Gasteiger partial charge in [0, 0.05) is 25.3 Å². The second-order valence-corrected chi connectivity index (χ2v) is 5.36. The summed E-state index contributed by atoms with van der Waals surface area (Å²) >= 11 is 0. The van der Waals surface area contributed by atoms with E-state index in [-0.39, 0.29) is 5.91 Å². The van der Waals surface area contributed by atoms with Crippen LogP contribution in [0.5, 0.6) is 0 Å². The predicted octanol–water partition coefficient (Wildman–Crippen LogP) is 3.31. The van der Waals surface area contributed by atoms with E-state index in [1.807, 2.05) is 17.0 Å². The summed E-state index contributed by atoms with van der Waals surface area (Å²) in [5.74, 6) is 0.835. The van der Waals surface area contributed by atoms with Gasteiger partial charge in [-0.3, -0.25) is 4.79 Å². The van der Waals surface area contributed by atoms with E-state index in [0.29, 0.717) is 11.6 Å². The first-order valence-electron chi connectivity index (χ1n) is 7.77. The van der Waals surface area contributed by atoms with E-state index in [1.165, 1.54) is 12.8 Å². The zero-order valence-electron chi connectivity index (χ0n) is 12.6. The molecule has 0 unspecified atom stereocenters. The van der Waals surface area contributed by atoms with E-state index >= 15 is 0 Å². The van der Waals surface area contributed by atoms with Crippen LogP contribution in [0, 0.1) is 0 Å². The van der Waals surface area contributed by atoms with E-state index in [1.54, 1.807) is 6.20 Å². The van der Waals surface area contributed by atoms with Gasteiger partial charge in [-0.1, -0.05) is 19.8 Å². The Balaban J connectivity index is 2.17. The number of hydrogen-bond donors (Lipinski definition) is 1. The molecule has 1 N–H and O–H groups in total. The van der Waals surface area contributed by atoms with Crippen LogP contribution in [-0.4, -0.2) is 34.9 Å². The van der Waals surface area contributed by atoms with Gasteiger partial charge >= 0.3 is 0 Å². The first-order valence-corrected chi connectivity index (χ1v) is 7.77. The molecule has 2 rings (SSSR count). The van der Waals surface area contributed by atoms with E-state index in [2.05, 4.69) is 24.1 Å². The molecule has 1 aliphatic rings. The fraction of sp³-hybridized carbons (Fsp3) is 0.625. The predicted molar refractivity (Wildman–Crippen MR) is 82.0 cm³/mol. The lowest BCUT2D eigenvalue weighted by atomic mass is 10.1. The maximum Gasteiger partial charge on any atom is 0.257 e. The van der Waals surface area contributed by atoms with Crippen molar-refractivity contribution >= 4 is 11.7 Å². The molecule has 20 heavy (non-hydrogen) atoms. The molecule has 4 nitrogen and oxygen atoms in total. The van der Waals surface area contributed by atoms with Gasteiger partial charge in [-0.05, 0) is 38.3 Å². The van der Waals surface area contributed by atoms with Gasteiger partial charge in [0.25, 0.3) is 5.91 Å². The van der Waals surface area contributed by atoms with Crippen molar-refractivity contribution in [1.29, 1.82) is 0 Å². The van der Waals surface area contributed by atoms with Crippen LogP contribution < -0.4 is 5.32 Å². The molecule has 1 amide bonds. The minimum Gasteiger partial charge on any atom is -0.369 e. The number of carbonyl (C=O) groups excluding carboxylic acids is 1. The number of aromatic nitrogens is 1. The van der Waals surface area contributed by atoms with Gasteiger partial charge in [0.05, 0.1) is 5.56 Å². The zero-order chi connectivity index (χ0) is 14.4. The highest BCUT2D eigenvalue weighted by Gasteiger charge is 2.27. The van der Waals surface area contributed by atoms with Gasteiger partial charge in [0.1, 0.15) is 5.82 Å². The topological polar surface area (TPSA) is 45.2 Å². The summed E-state index contributed by atoms with van der Waals surface area (Å²) in [5, 5.41) is 3.25. The average molecular weight is 275 g/mol. The molecule has 1 aromatic rings. The van der Waals surface area contributed by atoms with Crippen LogP contribution in [0.2, 0.25) is 0 Å². The van der Waals surface area contributed by atoms with Crippen molar-refractivity contribution in [3.05, 3.63) is 23.9 Å². The fourth-order valence-corrected chi connectivity index (χ4v) is 2.90. The van der Waals surface area contributed by atoms with Gasteiger partial charge in [-0.2, -0.15) is 0 Å². The Bertz CT molecular complexity index is 441. The lowest BCUT2D eigenvalue weighted by molar-refractivity contribution is 0.0694. The number of carbonyl (C=O) groups is 1. The molecule has 0 atom stereocenters. The van der Waals surface area contributed by atoms with E-state index < -0.39 is 0 Å². The van der Waals surface area contributed by atoms with E-state index in [9.17, 15) is 4.79 Å². The van der Waals surface area contributed by atoms with Crippen molar-refractivity contribution in [2.75, 3.05) is 18.4 Å². The van der Waals surface area contributed by atoms with Crippen LogP contribution in [0.3, 0.4) is 0 Å². The van der Waals surface area contributed by atoms with Crippen LogP contribution in [-0.2, 0) is 0 Å². The summed E-state index contributed by atoms with van der Waals surface area (Å²) in [6.07, 6.45) is 7.50. The lowest BCUT2D eigenvalue weighted by Gasteiger charge is -2.28. The first kappa shape index (κ1) is 14.8. The molecular weight excluding hydrogens is 250 g/mol. The summed E-state index contributed by atoms with van der Waals surface area (Å²) in [4.78, 5) is 19.1. The number of rotatable bonds is 6. The molecule has 0 bridgehead atoms. The van der Waals surface area contributed by atoms with Crippen molar-refractivity contribution in [2.24, 2.45) is 0 Å². The number of amides is 1. The Morgan fingerprint density at radius 1 is 1.40 bits per heavy atom. The van der Waals surface area contributed by atoms with Crippen LogP contribution in [0.25, 0.3) is 0 Å². The third kappa shape index (κ3) is 3.30. The Hall–Kier alpha value is -1.58. The summed E-state index contributed by atoms with van der Waals surface area (Å²) in [5.41, 5.74) is 0.703. The summed E-state index contributed by atoms with van der Waals surface area (Å²) in [6.45, 7) is 5.78. The molecule has 110 valence electrons. The van der Waals surface area contributed by atoms with Gasteiger partial charge in [0.2, 0.25) is 0 Å². The molecular formula is C16H25N3O. The number of hydrogen-bond acceptors (Lipinski definition) is 3. The normalized spacial score (nSPS) is 15.3. The smallest absolute Gasteiger partial charge is 0.257 e. The monoisotopic (exact) mass is 275 g/mol. The van der Waals surface area contributed by atoms with Crippen molar-refractivity contribution in [3.8, 4) is 0 Å². The van der Waals surface area contributed by atoms with Crippen LogP contribution >= 0.6 is 0 Å². The summed E-state index contributed by atoms with van der Waals surface area (Å²) in [7, 11) is 0. The number of nitrogens with one attached hydrogen (secondary N) is 1. The molecule has 1 aliphatic carbocycles. The van der Waals surface area contributed by atoms with E-state index in [4.69, 9.17) is 0 Å². The molecule has 1 aromatic heterocycles. The van der Waals surface area contributed by atoms with Crippen molar-refractivity contribution in [3.63, 3.8) is 0 Å². The molecule has 1 heterocycles. The van der Waals surface area contributed by atoms with Crippen molar-refractivity contribution in [2.45, 2.75) is 52.0 Å². The number of nitrogens with zero attached hydrogens (tertiary/aromatic N) is 2. The lowest BCUT2D eigenvalue weighted by Crippen LogP contribution is -2.39. The Kier molecular flexibility index (Phi) is 5.39. The third-order valence-electron chi connectivity index (χ3n) is 3.95. The second-order valence-electron chi connectivity index (χ2n) is 5.36. The third-order valence-corrected chi connectivity index (χ3v) is 3.95. The largest absolute Gasteiger partial charge is 0.369 e. The van der Waals surface area contributed by atoms with E-state index in [0.717, 1.165) is 38.2 Å². The minimum absolute atomic E-state index is 0.117. The molecule has 0 radical (unpaired) electrons. The molecule has 1 saturated carbocycles. The highest BCUT2D eigenvalue weighted by atomic mass is 16.2. The fourth-order valence-electron chi connectivity index (χ4n) is 2.90. The van der Waals surface area contributed by atoms with Gasteiger partial charge in [0.15, 0.2) is 0 Å². The molecule has 0 saturated heterocycles. The highest BCUT2D eigenvalue weighted by molar-refractivity contribution is 5.98. The quantitative estimate of drug-likeness (QED) is 0.866. The number of anilines is 1. The Morgan fingerprint density at radius 3 is 2.80 bits per heavy atom. The molecule has 4 heteroatoms. The second kappa shape index (κ2) is 7.27.